The van der Waals surface area contributed by atoms with Crippen LogP contribution < -0.4 is 5.32 Å². The number of nitrogens with one attached hydrogen (secondary N) is 1. The maximum absolute atomic E-state index is 12.5. The summed E-state index contributed by atoms with van der Waals surface area (Å²) in [7, 11) is 2.07. The first-order chi connectivity index (χ1) is 10.6. The van der Waals surface area contributed by atoms with Crippen molar-refractivity contribution in [1.82, 2.24) is 9.88 Å². The highest BCUT2D eigenvalue weighted by Gasteiger charge is 2.43. The Labute approximate surface area is 135 Å². The molecule has 5 nitrogen and oxygen atoms in total. The molecule has 2 fully saturated rings. The van der Waals surface area contributed by atoms with Crippen molar-refractivity contribution in [3.05, 3.63) is 11.6 Å². The summed E-state index contributed by atoms with van der Waals surface area (Å²) in [6.45, 7) is 2.06. The number of fused-ring (bicyclic) bond motifs is 1. The molecule has 6 heteroatoms. The number of thiazole rings is 1. The summed E-state index contributed by atoms with van der Waals surface area (Å²) < 4.78 is 0. The van der Waals surface area contributed by atoms with Gasteiger partial charge in [-0.15, -0.1) is 11.3 Å². The summed E-state index contributed by atoms with van der Waals surface area (Å²) in [6.07, 6.45) is 6.50. The van der Waals surface area contributed by atoms with Gasteiger partial charge < -0.3 is 10.4 Å². The van der Waals surface area contributed by atoms with Gasteiger partial charge in [0.15, 0.2) is 5.13 Å². The molecule has 3 unspecified atom stereocenters. The predicted octanol–water partition coefficient (Wildman–Crippen LogP) is 2.34. The quantitative estimate of drug-likeness (QED) is 0.873. The molecule has 0 aliphatic heterocycles. The Hall–Kier alpha value is -0.980. The summed E-state index contributed by atoms with van der Waals surface area (Å²) >= 11 is 1.45. The number of hydrogen-bond donors (Lipinski definition) is 2. The molecule has 2 aliphatic rings. The van der Waals surface area contributed by atoms with Crippen LogP contribution in [0.15, 0.2) is 11.6 Å². The van der Waals surface area contributed by atoms with E-state index in [1.165, 1.54) is 11.3 Å². The first-order valence-corrected chi connectivity index (χ1v) is 9.06. The fourth-order valence-electron chi connectivity index (χ4n) is 4.27. The second kappa shape index (κ2) is 6.64. The van der Waals surface area contributed by atoms with Crippen LogP contribution >= 0.6 is 11.3 Å². The number of rotatable bonds is 5. The Morgan fingerprint density at radius 1 is 1.45 bits per heavy atom. The Morgan fingerprint density at radius 3 is 2.68 bits per heavy atom. The van der Waals surface area contributed by atoms with Gasteiger partial charge in [-0.25, -0.2) is 4.98 Å². The number of amides is 1. The molecule has 22 heavy (non-hydrogen) atoms. The normalized spacial score (nSPS) is 32.2. The molecule has 1 amide bonds. The van der Waals surface area contributed by atoms with Gasteiger partial charge in [0, 0.05) is 17.6 Å². The third-order valence-corrected chi connectivity index (χ3v) is 6.07. The molecule has 1 aromatic heterocycles. The van der Waals surface area contributed by atoms with Crippen LogP contribution in [0.25, 0.3) is 0 Å². The molecule has 2 saturated carbocycles. The lowest BCUT2D eigenvalue weighted by Gasteiger charge is -2.32. The van der Waals surface area contributed by atoms with Crippen molar-refractivity contribution in [3.8, 4) is 0 Å². The molecule has 0 saturated heterocycles. The minimum atomic E-state index is -0.113. The van der Waals surface area contributed by atoms with Gasteiger partial charge >= 0.3 is 0 Å². The van der Waals surface area contributed by atoms with Crippen molar-refractivity contribution in [1.29, 1.82) is 0 Å². The molecule has 122 valence electrons. The molecule has 2 N–H and O–H groups in total. The van der Waals surface area contributed by atoms with Crippen molar-refractivity contribution in [2.45, 2.75) is 57.2 Å². The summed E-state index contributed by atoms with van der Waals surface area (Å²) in [5.74, 6) is 1.32. The maximum Gasteiger partial charge on any atom is 0.243 e. The number of carbonyl (C=O) groups excluding carboxylic acids is 1. The SMILES string of the molecule is CCC(C(=O)Nc1nccs1)N(C)C1C[C@H]2CC(O)C[C@H]2C1. The number of anilines is 1. The van der Waals surface area contributed by atoms with Crippen molar-refractivity contribution in [2.75, 3.05) is 12.4 Å². The second-order valence-corrected chi connectivity index (χ2v) is 7.58. The highest BCUT2D eigenvalue weighted by molar-refractivity contribution is 7.13. The van der Waals surface area contributed by atoms with Crippen LogP contribution in [0.1, 0.15) is 39.0 Å². The Balaban J connectivity index is 1.60. The fraction of sp³-hybridized carbons (Fsp3) is 0.750. The number of nitrogens with zero attached hydrogens (tertiary/aromatic N) is 2. The third-order valence-electron chi connectivity index (χ3n) is 5.39. The van der Waals surface area contributed by atoms with Crippen LogP contribution in [0, 0.1) is 11.8 Å². The first-order valence-electron chi connectivity index (χ1n) is 8.18. The summed E-state index contributed by atoms with van der Waals surface area (Å²) in [5.41, 5.74) is 0. The van der Waals surface area contributed by atoms with E-state index in [4.69, 9.17) is 0 Å². The van der Waals surface area contributed by atoms with Gasteiger partial charge in [0.05, 0.1) is 12.1 Å². The predicted molar refractivity (Wildman–Crippen MR) is 87.8 cm³/mol. The second-order valence-electron chi connectivity index (χ2n) is 6.69. The highest BCUT2D eigenvalue weighted by atomic mass is 32.1. The van der Waals surface area contributed by atoms with Crippen LogP contribution in [-0.4, -0.2) is 46.1 Å². The van der Waals surface area contributed by atoms with E-state index in [-0.39, 0.29) is 18.1 Å². The Kier molecular flexibility index (Phi) is 4.80. The van der Waals surface area contributed by atoms with Crippen LogP contribution in [-0.2, 0) is 4.79 Å². The number of likely N-dealkylation sites (N-methyl/N-ethyl adjacent to an activating group) is 1. The lowest BCUT2D eigenvalue weighted by Crippen LogP contribution is -2.46. The molecule has 0 bridgehead atoms. The molecule has 2 aliphatic carbocycles. The van der Waals surface area contributed by atoms with E-state index in [0.29, 0.717) is 23.0 Å². The molecule has 5 atom stereocenters. The molecule has 1 aromatic rings. The average Bonchev–Trinajstić information content (AvgIpc) is 3.15. The maximum atomic E-state index is 12.5. The third kappa shape index (κ3) is 3.19. The highest BCUT2D eigenvalue weighted by Crippen LogP contribution is 2.45. The monoisotopic (exact) mass is 323 g/mol. The van der Waals surface area contributed by atoms with Gasteiger partial charge in [-0.05, 0) is 51.0 Å². The van der Waals surface area contributed by atoms with E-state index in [2.05, 4.69) is 29.2 Å². The van der Waals surface area contributed by atoms with E-state index in [1.54, 1.807) is 6.20 Å². The topological polar surface area (TPSA) is 65.5 Å². The Bertz CT molecular complexity index is 493. The number of hydrogen-bond acceptors (Lipinski definition) is 5. The molecule has 0 spiro atoms. The summed E-state index contributed by atoms with van der Waals surface area (Å²) in [6, 6.07) is 0.340. The minimum Gasteiger partial charge on any atom is -0.393 e. The smallest absolute Gasteiger partial charge is 0.243 e. The van der Waals surface area contributed by atoms with Gasteiger partial charge in [0.1, 0.15) is 0 Å². The van der Waals surface area contributed by atoms with E-state index < -0.39 is 0 Å². The first kappa shape index (κ1) is 15.9. The zero-order valence-electron chi connectivity index (χ0n) is 13.2. The van der Waals surface area contributed by atoms with Crippen molar-refractivity contribution in [2.24, 2.45) is 11.8 Å². The lowest BCUT2D eigenvalue weighted by atomic mass is 10.0. The minimum absolute atomic E-state index is 0.0389. The number of aliphatic hydroxyl groups is 1. The van der Waals surface area contributed by atoms with Gasteiger partial charge in [0.25, 0.3) is 0 Å². The van der Waals surface area contributed by atoms with Crippen LogP contribution in [0.2, 0.25) is 0 Å². The molecular weight excluding hydrogens is 298 g/mol. The zero-order valence-corrected chi connectivity index (χ0v) is 14.1. The van der Waals surface area contributed by atoms with Crippen LogP contribution in [0.5, 0.6) is 0 Å². The van der Waals surface area contributed by atoms with Crippen LogP contribution in [0.4, 0.5) is 5.13 Å². The molecule has 3 rings (SSSR count). The van der Waals surface area contributed by atoms with Gasteiger partial charge in [0.2, 0.25) is 5.91 Å². The van der Waals surface area contributed by atoms with E-state index >= 15 is 0 Å². The van der Waals surface area contributed by atoms with E-state index in [0.717, 1.165) is 32.1 Å². The van der Waals surface area contributed by atoms with Crippen molar-refractivity contribution >= 4 is 22.4 Å². The Morgan fingerprint density at radius 2 is 2.14 bits per heavy atom. The number of aliphatic hydroxyl groups excluding tert-OH is 1. The van der Waals surface area contributed by atoms with Gasteiger partial charge in [-0.2, -0.15) is 0 Å². The standard InChI is InChI=1S/C16H25N3O2S/c1-3-14(15(21)18-16-17-4-5-22-16)19(2)12-6-10-8-13(20)9-11(10)7-12/h4-5,10-14,20H,3,6-9H2,1-2H3,(H,17,18,21)/t10-,11+,12?,13?,14?. The van der Waals surface area contributed by atoms with E-state index in [1.807, 2.05) is 5.38 Å². The summed E-state index contributed by atoms with van der Waals surface area (Å²) in [4.78, 5) is 18.9. The molecule has 0 radical (unpaired) electrons. The summed E-state index contributed by atoms with van der Waals surface area (Å²) in [5, 5.41) is 15.2. The number of carbonyl (C=O) groups is 1. The largest absolute Gasteiger partial charge is 0.393 e. The molecule has 1 heterocycles. The molecule has 0 aromatic carbocycles. The van der Waals surface area contributed by atoms with Crippen LogP contribution in [0.3, 0.4) is 0 Å². The van der Waals surface area contributed by atoms with Gasteiger partial charge in [-0.1, -0.05) is 6.92 Å². The zero-order chi connectivity index (χ0) is 15.7. The fourth-order valence-corrected chi connectivity index (χ4v) is 4.80. The average molecular weight is 323 g/mol. The lowest BCUT2D eigenvalue weighted by molar-refractivity contribution is -0.121. The number of aromatic nitrogens is 1. The van der Waals surface area contributed by atoms with Crippen molar-refractivity contribution < 1.29 is 9.90 Å². The van der Waals surface area contributed by atoms with Crippen molar-refractivity contribution in [3.63, 3.8) is 0 Å². The van der Waals surface area contributed by atoms with Gasteiger partial charge in [-0.3, -0.25) is 9.69 Å². The molecular formula is C16H25N3O2S. The van der Waals surface area contributed by atoms with E-state index in [9.17, 15) is 9.90 Å².